The number of para-hydroxylation sites is 2. The van der Waals surface area contributed by atoms with Crippen molar-refractivity contribution in [3.05, 3.63) is 58.4 Å². The fourth-order valence-corrected chi connectivity index (χ4v) is 3.52. The molecule has 0 bridgehead atoms. The highest BCUT2D eigenvalue weighted by Crippen LogP contribution is 2.32. The van der Waals surface area contributed by atoms with E-state index in [0.29, 0.717) is 40.5 Å². The van der Waals surface area contributed by atoms with Crippen LogP contribution in [0.25, 0.3) is 11.0 Å². The summed E-state index contributed by atoms with van der Waals surface area (Å²) in [5.41, 5.74) is 0.0349. The highest BCUT2D eigenvalue weighted by molar-refractivity contribution is 5.80. The van der Waals surface area contributed by atoms with Crippen LogP contribution in [0.5, 0.6) is 23.0 Å². The van der Waals surface area contributed by atoms with Gasteiger partial charge in [0.1, 0.15) is 17.1 Å². The lowest BCUT2D eigenvalue weighted by Gasteiger charge is -2.13. The van der Waals surface area contributed by atoms with Gasteiger partial charge in [-0.05, 0) is 44.0 Å². The zero-order chi connectivity index (χ0) is 22.5. The SMILES string of the molecule is COc1ccccc1Oc1c(C)oc2cc(OCC(=O)NC[C@H]3CCCO3)ccc2c1=O. The number of amides is 1. The van der Waals surface area contributed by atoms with Crippen LogP contribution in [-0.2, 0) is 9.53 Å². The van der Waals surface area contributed by atoms with Gasteiger partial charge < -0.3 is 28.7 Å². The molecule has 0 radical (unpaired) electrons. The lowest BCUT2D eigenvalue weighted by molar-refractivity contribution is -0.123. The number of rotatable bonds is 8. The van der Waals surface area contributed by atoms with E-state index in [0.717, 1.165) is 19.4 Å². The Morgan fingerprint density at radius 2 is 2.00 bits per heavy atom. The molecule has 0 spiro atoms. The standard InChI is InChI=1S/C24H25NO7/c1-15-24(32-20-8-4-3-7-19(20)28-2)23(27)18-10-9-16(12-21(18)31-15)30-14-22(26)25-13-17-6-5-11-29-17/h3-4,7-10,12,17H,5-6,11,13-14H2,1-2H3,(H,25,26)/t17-/m1/s1. The molecule has 1 aliphatic rings. The summed E-state index contributed by atoms with van der Waals surface area (Å²) in [5, 5.41) is 3.14. The maximum absolute atomic E-state index is 13.0. The van der Waals surface area contributed by atoms with Crippen LogP contribution in [0.2, 0.25) is 0 Å². The first-order valence-electron chi connectivity index (χ1n) is 10.4. The molecule has 168 valence electrons. The molecule has 3 aromatic rings. The number of nitrogens with one attached hydrogen (secondary N) is 1. The van der Waals surface area contributed by atoms with E-state index in [9.17, 15) is 9.59 Å². The third kappa shape index (κ3) is 4.86. The molecule has 1 aromatic heterocycles. The number of fused-ring (bicyclic) bond motifs is 1. The van der Waals surface area contributed by atoms with Crippen LogP contribution in [0, 0.1) is 6.92 Å². The van der Waals surface area contributed by atoms with Crippen molar-refractivity contribution in [2.45, 2.75) is 25.9 Å². The molecule has 1 atom stereocenters. The van der Waals surface area contributed by atoms with Crippen LogP contribution < -0.4 is 25.0 Å². The second-order valence-electron chi connectivity index (χ2n) is 7.46. The summed E-state index contributed by atoms with van der Waals surface area (Å²) in [4.78, 5) is 25.0. The molecular formula is C24H25NO7. The molecule has 1 fully saturated rings. The fourth-order valence-electron chi connectivity index (χ4n) is 3.52. The van der Waals surface area contributed by atoms with Crippen molar-refractivity contribution in [3.63, 3.8) is 0 Å². The van der Waals surface area contributed by atoms with E-state index in [1.807, 2.05) is 6.07 Å². The van der Waals surface area contributed by atoms with Crippen molar-refractivity contribution < 1.29 is 28.2 Å². The predicted molar refractivity (Wildman–Crippen MR) is 118 cm³/mol. The maximum Gasteiger partial charge on any atom is 0.258 e. The van der Waals surface area contributed by atoms with Crippen molar-refractivity contribution in [2.24, 2.45) is 0 Å². The number of methoxy groups -OCH3 is 1. The van der Waals surface area contributed by atoms with Gasteiger partial charge in [0.2, 0.25) is 11.2 Å². The second kappa shape index (κ2) is 9.74. The minimum atomic E-state index is -0.310. The van der Waals surface area contributed by atoms with Gasteiger partial charge in [-0.25, -0.2) is 0 Å². The number of aryl methyl sites for hydroxylation is 1. The highest BCUT2D eigenvalue weighted by atomic mass is 16.5. The molecule has 0 aliphatic carbocycles. The molecule has 0 saturated carbocycles. The Bertz CT molecular complexity index is 1160. The van der Waals surface area contributed by atoms with Crippen LogP contribution >= 0.6 is 0 Å². The Balaban J connectivity index is 1.47. The molecule has 1 N–H and O–H groups in total. The van der Waals surface area contributed by atoms with Gasteiger partial charge in [-0.3, -0.25) is 9.59 Å². The van der Waals surface area contributed by atoms with E-state index >= 15 is 0 Å². The Labute approximate surface area is 185 Å². The smallest absolute Gasteiger partial charge is 0.258 e. The quantitative estimate of drug-likeness (QED) is 0.573. The Kier molecular flexibility index (Phi) is 6.61. The third-order valence-corrected chi connectivity index (χ3v) is 5.19. The summed E-state index contributed by atoms with van der Waals surface area (Å²) in [6, 6.07) is 11.9. The van der Waals surface area contributed by atoms with Gasteiger partial charge in [0.15, 0.2) is 18.1 Å². The van der Waals surface area contributed by atoms with Crippen LogP contribution in [0.3, 0.4) is 0 Å². The van der Waals surface area contributed by atoms with Gasteiger partial charge in [0.05, 0.1) is 18.6 Å². The Morgan fingerprint density at radius 1 is 1.19 bits per heavy atom. The number of benzene rings is 2. The van der Waals surface area contributed by atoms with Gasteiger partial charge >= 0.3 is 0 Å². The van der Waals surface area contributed by atoms with E-state index < -0.39 is 0 Å². The molecule has 8 heteroatoms. The van der Waals surface area contributed by atoms with E-state index in [-0.39, 0.29) is 29.8 Å². The zero-order valence-electron chi connectivity index (χ0n) is 18.0. The molecule has 1 saturated heterocycles. The largest absolute Gasteiger partial charge is 0.493 e. The number of ether oxygens (including phenoxy) is 4. The summed E-state index contributed by atoms with van der Waals surface area (Å²) in [6.07, 6.45) is 2.04. The molecule has 1 amide bonds. The summed E-state index contributed by atoms with van der Waals surface area (Å²) >= 11 is 0. The molecule has 0 unspecified atom stereocenters. The lowest BCUT2D eigenvalue weighted by atomic mass is 10.2. The number of hydrogen-bond donors (Lipinski definition) is 1. The van der Waals surface area contributed by atoms with E-state index in [4.69, 9.17) is 23.4 Å². The number of hydrogen-bond acceptors (Lipinski definition) is 7. The summed E-state index contributed by atoms with van der Waals surface area (Å²) in [5.74, 6) is 1.51. The Morgan fingerprint density at radius 3 is 2.75 bits per heavy atom. The predicted octanol–water partition coefficient (Wildman–Crippen LogP) is 3.58. The van der Waals surface area contributed by atoms with E-state index in [2.05, 4.69) is 5.32 Å². The highest BCUT2D eigenvalue weighted by Gasteiger charge is 2.18. The lowest BCUT2D eigenvalue weighted by Crippen LogP contribution is -2.35. The van der Waals surface area contributed by atoms with Crippen molar-refractivity contribution in [1.82, 2.24) is 5.32 Å². The monoisotopic (exact) mass is 439 g/mol. The molecule has 2 aromatic carbocycles. The van der Waals surface area contributed by atoms with Crippen molar-refractivity contribution in [2.75, 3.05) is 26.9 Å². The fraction of sp³-hybridized carbons (Fsp3) is 0.333. The summed E-state index contributed by atoms with van der Waals surface area (Å²) in [6.45, 7) is 2.72. The Hall–Kier alpha value is -3.52. The number of carbonyl (C=O) groups is 1. The van der Waals surface area contributed by atoms with Crippen molar-refractivity contribution in [3.8, 4) is 23.0 Å². The summed E-state index contributed by atoms with van der Waals surface area (Å²) in [7, 11) is 1.53. The third-order valence-electron chi connectivity index (χ3n) is 5.19. The molecule has 4 rings (SSSR count). The molecule has 1 aliphatic heterocycles. The molecule has 32 heavy (non-hydrogen) atoms. The van der Waals surface area contributed by atoms with Crippen LogP contribution in [-0.4, -0.2) is 38.9 Å². The van der Waals surface area contributed by atoms with Gasteiger partial charge in [0, 0.05) is 19.2 Å². The average molecular weight is 439 g/mol. The van der Waals surface area contributed by atoms with Crippen LogP contribution in [0.15, 0.2) is 51.7 Å². The van der Waals surface area contributed by atoms with Gasteiger partial charge in [-0.1, -0.05) is 12.1 Å². The van der Waals surface area contributed by atoms with Crippen LogP contribution in [0.4, 0.5) is 0 Å². The summed E-state index contributed by atoms with van der Waals surface area (Å²) < 4.78 is 28.0. The minimum Gasteiger partial charge on any atom is -0.493 e. The molecule has 8 nitrogen and oxygen atoms in total. The first-order chi connectivity index (χ1) is 15.5. The van der Waals surface area contributed by atoms with E-state index in [1.165, 1.54) is 7.11 Å². The van der Waals surface area contributed by atoms with Crippen molar-refractivity contribution >= 4 is 16.9 Å². The first kappa shape index (κ1) is 21.7. The minimum absolute atomic E-state index is 0.0733. The molecule has 2 heterocycles. The average Bonchev–Trinajstić information content (AvgIpc) is 3.33. The zero-order valence-corrected chi connectivity index (χ0v) is 18.0. The van der Waals surface area contributed by atoms with Crippen LogP contribution in [0.1, 0.15) is 18.6 Å². The van der Waals surface area contributed by atoms with Gasteiger partial charge in [0.25, 0.3) is 5.91 Å². The van der Waals surface area contributed by atoms with E-state index in [1.54, 1.807) is 43.3 Å². The second-order valence-corrected chi connectivity index (χ2v) is 7.46. The number of carbonyl (C=O) groups excluding carboxylic acids is 1. The first-order valence-corrected chi connectivity index (χ1v) is 10.4. The maximum atomic E-state index is 13.0. The van der Waals surface area contributed by atoms with Gasteiger partial charge in [-0.2, -0.15) is 0 Å². The van der Waals surface area contributed by atoms with Crippen molar-refractivity contribution in [1.29, 1.82) is 0 Å². The van der Waals surface area contributed by atoms with Gasteiger partial charge in [-0.15, -0.1) is 0 Å². The normalized spacial score (nSPS) is 15.5. The topological polar surface area (TPSA) is 96.2 Å². The molecular weight excluding hydrogens is 414 g/mol.